The molecule has 0 aromatic carbocycles. The van der Waals surface area contributed by atoms with Crippen molar-refractivity contribution in [3.05, 3.63) is 0 Å². The van der Waals surface area contributed by atoms with Crippen molar-refractivity contribution in [1.29, 1.82) is 0 Å². The summed E-state index contributed by atoms with van der Waals surface area (Å²) < 4.78 is 10.6. The van der Waals surface area contributed by atoms with E-state index in [4.69, 9.17) is 9.47 Å². The molecule has 0 bridgehead atoms. The molecule has 3 nitrogen and oxygen atoms in total. The molecule has 0 aromatic heterocycles. The second kappa shape index (κ2) is 5.15. The summed E-state index contributed by atoms with van der Waals surface area (Å²) in [5.74, 6) is 5.84. The van der Waals surface area contributed by atoms with Gasteiger partial charge in [0.1, 0.15) is 0 Å². The van der Waals surface area contributed by atoms with Crippen LogP contribution >= 0.6 is 0 Å². The third kappa shape index (κ3) is 3.22. The predicted molar refractivity (Wildman–Crippen MR) is 46.6 cm³/mol. The summed E-state index contributed by atoms with van der Waals surface area (Å²) in [6.07, 6.45) is -0.0475. The first-order valence-electron chi connectivity index (χ1n) is 4.14. The Labute approximate surface area is 73.6 Å². The van der Waals surface area contributed by atoms with Gasteiger partial charge in [0.2, 0.25) is 0 Å². The van der Waals surface area contributed by atoms with Crippen molar-refractivity contribution in [2.45, 2.75) is 13.2 Å². The lowest BCUT2D eigenvalue weighted by Crippen LogP contribution is -2.30. The van der Waals surface area contributed by atoms with Crippen LogP contribution in [0.1, 0.15) is 6.92 Å². The van der Waals surface area contributed by atoms with E-state index < -0.39 is 0 Å². The Bertz CT molecular complexity index is 177. The van der Waals surface area contributed by atoms with Gasteiger partial charge in [-0.05, 0) is 14.0 Å². The zero-order valence-corrected chi connectivity index (χ0v) is 7.67. The Morgan fingerprint density at radius 2 is 2.08 bits per heavy atom. The average molecular weight is 169 g/mol. The fourth-order valence-corrected chi connectivity index (χ4v) is 1.05. The molecule has 0 aromatic rings. The highest BCUT2D eigenvalue weighted by Gasteiger charge is 2.16. The summed E-state index contributed by atoms with van der Waals surface area (Å²) in [4.78, 5) is 2.09. The SMILES string of the molecule is CC#CCN(C)CC1OCCO1. The minimum atomic E-state index is -0.0475. The van der Waals surface area contributed by atoms with E-state index in [0.29, 0.717) is 0 Å². The number of nitrogens with zero attached hydrogens (tertiary/aromatic N) is 1. The molecule has 0 aliphatic carbocycles. The molecule has 68 valence electrons. The lowest BCUT2D eigenvalue weighted by molar-refractivity contribution is -0.0564. The Hall–Kier alpha value is -0.560. The quantitative estimate of drug-likeness (QED) is 0.568. The summed E-state index contributed by atoms with van der Waals surface area (Å²) in [6.45, 7) is 4.86. The molecule has 0 unspecified atom stereocenters. The van der Waals surface area contributed by atoms with Gasteiger partial charge in [-0.1, -0.05) is 5.92 Å². The van der Waals surface area contributed by atoms with Crippen LogP contribution in [0.4, 0.5) is 0 Å². The molecule has 1 heterocycles. The number of rotatable bonds is 3. The topological polar surface area (TPSA) is 21.7 Å². The molecule has 1 fully saturated rings. The molecule has 3 heteroatoms. The first-order valence-corrected chi connectivity index (χ1v) is 4.14. The van der Waals surface area contributed by atoms with Gasteiger partial charge in [-0.2, -0.15) is 0 Å². The second-order valence-corrected chi connectivity index (χ2v) is 2.79. The minimum absolute atomic E-state index is 0.0475. The van der Waals surface area contributed by atoms with Gasteiger partial charge in [-0.3, -0.25) is 4.90 Å². The third-order valence-electron chi connectivity index (χ3n) is 1.68. The standard InChI is InChI=1S/C9H15NO2/c1-3-4-5-10(2)8-9-11-6-7-12-9/h9H,5-8H2,1-2H3. The van der Waals surface area contributed by atoms with Crippen molar-refractivity contribution in [2.75, 3.05) is 33.4 Å². The number of likely N-dealkylation sites (N-methyl/N-ethyl adjacent to an activating group) is 1. The highest BCUT2D eigenvalue weighted by atomic mass is 16.7. The molecule has 1 saturated heterocycles. The summed E-state index contributed by atoms with van der Waals surface area (Å²) in [5, 5.41) is 0. The molecule has 0 amide bonds. The molecule has 12 heavy (non-hydrogen) atoms. The maximum absolute atomic E-state index is 5.29. The van der Waals surface area contributed by atoms with Crippen molar-refractivity contribution < 1.29 is 9.47 Å². The van der Waals surface area contributed by atoms with E-state index in [0.717, 1.165) is 26.3 Å². The summed E-state index contributed by atoms with van der Waals surface area (Å²) >= 11 is 0. The molecule has 0 N–H and O–H groups in total. The van der Waals surface area contributed by atoms with E-state index in [2.05, 4.69) is 16.7 Å². The Morgan fingerprint density at radius 3 is 2.67 bits per heavy atom. The van der Waals surface area contributed by atoms with E-state index in [9.17, 15) is 0 Å². The smallest absolute Gasteiger partial charge is 0.170 e. The lowest BCUT2D eigenvalue weighted by Gasteiger charge is -2.16. The van der Waals surface area contributed by atoms with Crippen LogP contribution in [0.5, 0.6) is 0 Å². The van der Waals surface area contributed by atoms with Crippen LogP contribution in [-0.2, 0) is 9.47 Å². The van der Waals surface area contributed by atoms with Gasteiger partial charge in [0.15, 0.2) is 6.29 Å². The highest BCUT2D eigenvalue weighted by Crippen LogP contribution is 2.04. The van der Waals surface area contributed by atoms with Crippen LogP contribution in [0.25, 0.3) is 0 Å². The molecule has 1 rings (SSSR count). The van der Waals surface area contributed by atoms with Crippen molar-refractivity contribution in [3.8, 4) is 11.8 Å². The molecule has 1 aliphatic rings. The maximum atomic E-state index is 5.29. The largest absolute Gasteiger partial charge is 0.349 e. The van der Waals surface area contributed by atoms with Gasteiger partial charge in [0.25, 0.3) is 0 Å². The van der Waals surface area contributed by atoms with Gasteiger partial charge in [-0.15, -0.1) is 5.92 Å². The zero-order valence-electron chi connectivity index (χ0n) is 7.67. The zero-order chi connectivity index (χ0) is 8.81. The molecule has 0 radical (unpaired) electrons. The van der Waals surface area contributed by atoms with E-state index in [1.54, 1.807) is 0 Å². The molecular formula is C9H15NO2. The van der Waals surface area contributed by atoms with Crippen molar-refractivity contribution in [2.24, 2.45) is 0 Å². The molecular weight excluding hydrogens is 154 g/mol. The van der Waals surface area contributed by atoms with E-state index in [-0.39, 0.29) is 6.29 Å². The van der Waals surface area contributed by atoms with Crippen LogP contribution in [0.3, 0.4) is 0 Å². The highest BCUT2D eigenvalue weighted by molar-refractivity contribution is 4.97. The second-order valence-electron chi connectivity index (χ2n) is 2.79. The number of ether oxygens (including phenoxy) is 2. The first kappa shape index (κ1) is 9.53. The fraction of sp³-hybridized carbons (Fsp3) is 0.778. The van der Waals surface area contributed by atoms with E-state index in [1.165, 1.54) is 0 Å². The summed E-state index contributed by atoms with van der Waals surface area (Å²) in [5.41, 5.74) is 0. The van der Waals surface area contributed by atoms with Crippen molar-refractivity contribution >= 4 is 0 Å². The van der Waals surface area contributed by atoms with Crippen molar-refractivity contribution in [3.63, 3.8) is 0 Å². The molecule has 0 atom stereocenters. The van der Waals surface area contributed by atoms with Crippen LogP contribution in [0, 0.1) is 11.8 Å². The maximum Gasteiger partial charge on any atom is 0.170 e. The first-order chi connectivity index (χ1) is 5.83. The van der Waals surface area contributed by atoms with E-state index in [1.807, 2.05) is 14.0 Å². The third-order valence-corrected chi connectivity index (χ3v) is 1.68. The average Bonchev–Trinajstić information content (AvgIpc) is 2.53. The minimum Gasteiger partial charge on any atom is -0.349 e. The monoisotopic (exact) mass is 169 g/mol. The van der Waals surface area contributed by atoms with Gasteiger partial charge in [0, 0.05) is 0 Å². The fourth-order valence-electron chi connectivity index (χ4n) is 1.05. The normalized spacial score (nSPS) is 17.9. The predicted octanol–water partition coefficient (Wildman–Crippen LogP) is 0.314. The number of hydrogen-bond donors (Lipinski definition) is 0. The Balaban J connectivity index is 2.14. The Morgan fingerprint density at radius 1 is 1.42 bits per heavy atom. The van der Waals surface area contributed by atoms with Gasteiger partial charge >= 0.3 is 0 Å². The molecule has 1 aliphatic heterocycles. The van der Waals surface area contributed by atoms with Gasteiger partial charge in [0.05, 0.1) is 26.3 Å². The summed E-state index contributed by atoms with van der Waals surface area (Å²) in [6, 6.07) is 0. The van der Waals surface area contributed by atoms with Crippen molar-refractivity contribution in [1.82, 2.24) is 4.90 Å². The summed E-state index contributed by atoms with van der Waals surface area (Å²) in [7, 11) is 2.01. The molecule has 0 saturated carbocycles. The van der Waals surface area contributed by atoms with Crippen LogP contribution in [-0.4, -0.2) is 44.5 Å². The van der Waals surface area contributed by atoms with Crippen LogP contribution < -0.4 is 0 Å². The Kier molecular flexibility index (Phi) is 4.09. The van der Waals surface area contributed by atoms with Crippen LogP contribution in [0.15, 0.2) is 0 Å². The van der Waals surface area contributed by atoms with Gasteiger partial charge in [-0.25, -0.2) is 0 Å². The van der Waals surface area contributed by atoms with Crippen LogP contribution in [0.2, 0.25) is 0 Å². The molecule has 0 spiro atoms. The lowest BCUT2D eigenvalue weighted by atomic mass is 10.5. The number of hydrogen-bond acceptors (Lipinski definition) is 3. The van der Waals surface area contributed by atoms with Gasteiger partial charge < -0.3 is 9.47 Å². The van der Waals surface area contributed by atoms with E-state index >= 15 is 0 Å².